The van der Waals surface area contributed by atoms with Gasteiger partial charge in [-0.05, 0) is 90.3 Å². The molecule has 9 aromatic carbocycles. The highest BCUT2D eigenvalue weighted by Crippen LogP contribution is 2.56. The van der Waals surface area contributed by atoms with Crippen LogP contribution in [-0.4, -0.2) is 0 Å². The van der Waals surface area contributed by atoms with Gasteiger partial charge in [-0.2, -0.15) is 0 Å². The van der Waals surface area contributed by atoms with Crippen LogP contribution in [-0.2, 0) is 5.41 Å². The highest BCUT2D eigenvalue weighted by Gasteiger charge is 2.45. The molecular formula is C51H34O. The van der Waals surface area contributed by atoms with Crippen molar-refractivity contribution in [2.45, 2.75) is 5.41 Å². The molecule has 9 aromatic rings. The van der Waals surface area contributed by atoms with E-state index in [0.717, 1.165) is 33.8 Å². The molecule has 0 N–H and O–H groups in total. The molecule has 0 fully saturated rings. The minimum absolute atomic E-state index is 0.553. The van der Waals surface area contributed by atoms with Gasteiger partial charge < -0.3 is 4.74 Å². The Hall–Kier alpha value is -6.70. The van der Waals surface area contributed by atoms with Crippen molar-refractivity contribution in [3.63, 3.8) is 0 Å². The molecule has 0 spiro atoms. The van der Waals surface area contributed by atoms with Gasteiger partial charge in [-0.1, -0.05) is 182 Å². The fourth-order valence-electron chi connectivity index (χ4n) is 8.48. The number of fused-ring (bicyclic) bond motifs is 5. The van der Waals surface area contributed by atoms with Gasteiger partial charge in [0.25, 0.3) is 0 Å². The molecule has 0 bridgehead atoms. The first-order chi connectivity index (χ1) is 25.8. The lowest BCUT2D eigenvalue weighted by molar-refractivity contribution is 0.434. The molecule has 0 unspecified atom stereocenters. The second-order valence-corrected chi connectivity index (χ2v) is 13.6. The van der Waals surface area contributed by atoms with E-state index in [1.165, 1.54) is 54.9 Å². The van der Waals surface area contributed by atoms with Crippen LogP contribution in [0.2, 0.25) is 0 Å². The number of ether oxygens (including phenoxy) is 1. The van der Waals surface area contributed by atoms with E-state index in [9.17, 15) is 0 Å². The number of hydrogen-bond donors (Lipinski definition) is 0. The predicted octanol–water partition coefficient (Wildman–Crippen LogP) is 13.5. The monoisotopic (exact) mass is 662 g/mol. The minimum Gasteiger partial charge on any atom is -0.457 e. The third kappa shape index (κ3) is 4.71. The largest absolute Gasteiger partial charge is 0.457 e. The van der Waals surface area contributed by atoms with E-state index in [2.05, 4.69) is 206 Å². The van der Waals surface area contributed by atoms with Crippen LogP contribution in [0.4, 0.5) is 0 Å². The van der Waals surface area contributed by atoms with Crippen LogP contribution in [0, 0.1) is 0 Å². The van der Waals surface area contributed by atoms with E-state index < -0.39 is 5.41 Å². The van der Waals surface area contributed by atoms with E-state index in [1.807, 2.05) is 0 Å². The average Bonchev–Trinajstić information content (AvgIpc) is 3.23. The maximum atomic E-state index is 6.66. The van der Waals surface area contributed by atoms with Crippen LogP contribution in [0.5, 0.6) is 11.5 Å². The van der Waals surface area contributed by atoms with Crippen molar-refractivity contribution in [3.05, 3.63) is 229 Å². The third-order valence-corrected chi connectivity index (χ3v) is 10.8. The third-order valence-electron chi connectivity index (χ3n) is 10.8. The van der Waals surface area contributed by atoms with Crippen molar-refractivity contribution in [1.29, 1.82) is 0 Å². The Morgan fingerprint density at radius 2 is 0.885 bits per heavy atom. The molecule has 244 valence electrons. The summed E-state index contributed by atoms with van der Waals surface area (Å²) < 4.78 is 6.66. The number of hydrogen-bond acceptors (Lipinski definition) is 1. The standard InChI is InChI=1S/C51H34O/c1-4-15-36(16-5-1)45-33-39-17-10-11-22-42(39)44-24-14-23-43(50(44)45)37-29-27-35(28-30-37)38-31-32-49-47(34-38)51(40-18-6-2-7-19-40,41-20-8-3-9-21-41)46-25-12-13-26-48(46)52-49/h1-34H. The predicted molar refractivity (Wildman–Crippen MR) is 216 cm³/mol. The zero-order valence-electron chi connectivity index (χ0n) is 28.5. The molecular weight excluding hydrogens is 629 g/mol. The number of para-hydroxylation sites is 1. The van der Waals surface area contributed by atoms with Crippen molar-refractivity contribution >= 4 is 21.5 Å². The molecule has 1 nitrogen and oxygen atoms in total. The maximum Gasteiger partial charge on any atom is 0.132 e. The van der Waals surface area contributed by atoms with Gasteiger partial charge in [0, 0.05) is 11.1 Å². The van der Waals surface area contributed by atoms with Crippen molar-refractivity contribution in [1.82, 2.24) is 0 Å². The Morgan fingerprint density at radius 3 is 1.63 bits per heavy atom. The first-order valence-electron chi connectivity index (χ1n) is 17.9. The molecule has 1 aliphatic heterocycles. The summed E-state index contributed by atoms with van der Waals surface area (Å²) in [6.45, 7) is 0. The van der Waals surface area contributed by atoms with Crippen molar-refractivity contribution < 1.29 is 4.74 Å². The SMILES string of the molecule is c1ccc(-c2cc3ccccc3c3cccc(-c4ccc(-c5ccc6c(c5)C(c5ccccc5)(c5ccccc5)c5ccccc5O6)cc4)c23)cc1. The quantitative estimate of drug-likeness (QED) is 0.167. The molecule has 0 aliphatic carbocycles. The summed E-state index contributed by atoms with van der Waals surface area (Å²) in [5.74, 6) is 1.76. The molecule has 0 aromatic heterocycles. The molecule has 1 aliphatic rings. The lowest BCUT2D eigenvalue weighted by Crippen LogP contribution is -2.34. The number of rotatable bonds is 5. The lowest BCUT2D eigenvalue weighted by Gasteiger charge is -2.41. The van der Waals surface area contributed by atoms with E-state index in [1.54, 1.807) is 0 Å². The van der Waals surface area contributed by atoms with Crippen molar-refractivity contribution in [2.24, 2.45) is 0 Å². The molecule has 0 atom stereocenters. The Kier molecular flexibility index (Phi) is 7.11. The summed E-state index contributed by atoms with van der Waals surface area (Å²) in [5, 5.41) is 5.07. The van der Waals surface area contributed by atoms with Crippen LogP contribution in [0.1, 0.15) is 22.3 Å². The fraction of sp³-hybridized carbons (Fsp3) is 0.0196. The van der Waals surface area contributed by atoms with Crippen LogP contribution in [0.3, 0.4) is 0 Å². The summed E-state index contributed by atoms with van der Waals surface area (Å²) in [7, 11) is 0. The normalized spacial score (nSPS) is 12.9. The summed E-state index contributed by atoms with van der Waals surface area (Å²) in [4.78, 5) is 0. The summed E-state index contributed by atoms with van der Waals surface area (Å²) in [5.41, 5.74) is 11.4. The first kappa shape index (κ1) is 30.2. The minimum atomic E-state index is -0.553. The molecule has 10 rings (SSSR count). The van der Waals surface area contributed by atoms with Crippen LogP contribution in [0.15, 0.2) is 206 Å². The van der Waals surface area contributed by atoms with Gasteiger partial charge in [-0.25, -0.2) is 0 Å². The molecule has 0 radical (unpaired) electrons. The topological polar surface area (TPSA) is 9.23 Å². The van der Waals surface area contributed by atoms with Gasteiger partial charge in [0.05, 0.1) is 5.41 Å². The molecule has 0 amide bonds. The molecule has 0 saturated heterocycles. The second-order valence-electron chi connectivity index (χ2n) is 13.6. The van der Waals surface area contributed by atoms with Gasteiger partial charge in [0.2, 0.25) is 0 Å². The molecule has 1 heterocycles. The van der Waals surface area contributed by atoms with Gasteiger partial charge in [-0.15, -0.1) is 0 Å². The fourth-order valence-corrected chi connectivity index (χ4v) is 8.48. The highest BCUT2D eigenvalue weighted by atomic mass is 16.5. The zero-order chi connectivity index (χ0) is 34.5. The molecule has 1 heteroatoms. The zero-order valence-corrected chi connectivity index (χ0v) is 28.5. The van der Waals surface area contributed by atoms with Gasteiger partial charge in [0.1, 0.15) is 11.5 Å². The van der Waals surface area contributed by atoms with Gasteiger partial charge in [0.15, 0.2) is 0 Å². The summed E-state index contributed by atoms with van der Waals surface area (Å²) >= 11 is 0. The van der Waals surface area contributed by atoms with Crippen LogP contribution >= 0.6 is 0 Å². The lowest BCUT2D eigenvalue weighted by atomic mass is 9.63. The first-order valence-corrected chi connectivity index (χ1v) is 17.9. The van der Waals surface area contributed by atoms with Crippen molar-refractivity contribution in [3.8, 4) is 44.9 Å². The Bertz CT molecular complexity index is 2690. The van der Waals surface area contributed by atoms with E-state index in [4.69, 9.17) is 4.74 Å². The van der Waals surface area contributed by atoms with E-state index in [0.29, 0.717) is 0 Å². The van der Waals surface area contributed by atoms with E-state index >= 15 is 0 Å². The van der Waals surface area contributed by atoms with Crippen LogP contribution < -0.4 is 4.74 Å². The highest BCUT2D eigenvalue weighted by molar-refractivity contribution is 6.18. The summed E-state index contributed by atoms with van der Waals surface area (Å²) in [6.07, 6.45) is 0. The van der Waals surface area contributed by atoms with Gasteiger partial charge >= 0.3 is 0 Å². The van der Waals surface area contributed by atoms with E-state index in [-0.39, 0.29) is 0 Å². The summed E-state index contributed by atoms with van der Waals surface area (Å²) in [6, 6.07) is 74.6. The van der Waals surface area contributed by atoms with Gasteiger partial charge in [-0.3, -0.25) is 0 Å². The molecule has 0 saturated carbocycles. The van der Waals surface area contributed by atoms with Crippen LogP contribution in [0.25, 0.3) is 54.9 Å². The second kappa shape index (κ2) is 12.3. The van der Waals surface area contributed by atoms with Crippen molar-refractivity contribution in [2.75, 3.05) is 0 Å². The molecule has 52 heavy (non-hydrogen) atoms. The maximum absolute atomic E-state index is 6.66. The Labute approximate surface area is 304 Å². The number of benzene rings is 9. The Morgan fingerprint density at radius 1 is 0.327 bits per heavy atom. The Balaban J connectivity index is 1.14. The average molecular weight is 663 g/mol. The smallest absolute Gasteiger partial charge is 0.132 e.